The van der Waals surface area contributed by atoms with Crippen molar-refractivity contribution >= 4 is 11.6 Å². The van der Waals surface area contributed by atoms with Crippen molar-refractivity contribution in [3.8, 4) is 5.75 Å². The zero-order valence-electron chi connectivity index (χ0n) is 11.0. The van der Waals surface area contributed by atoms with Gasteiger partial charge in [-0.3, -0.25) is 0 Å². The van der Waals surface area contributed by atoms with E-state index in [0.717, 1.165) is 0 Å². The molecular weight excluding hydrogens is 294 g/mol. The molecule has 1 unspecified atom stereocenters. The highest BCUT2D eigenvalue weighted by atomic mass is 35.5. The summed E-state index contributed by atoms with van der Waals surface area (Å²) in [5, 5.41) is 9.79. The number of benzene rings is 1. The largest absolute Gasteiger partial charge is 0.435 e. The van der Waals surface area contributed by atoms with E-state index in [4.69, 9.17) is 21.1 Å². The second-order valence-electron chi connectivity index (χ2n) is 4.96. The summed E-state index contributed by atoms with van der Waals surface area (Å²) in [7, 11) is 0. The van der Waals surface area contributed by atoms with Crippen LogP contribution in [0.2, 0.25) is 5.02 Å². The summed E-state index contributed by atoms with van der Waals surface area (Å²) in [6.45, 7) is 0.282. The average molecular weight is 309 g/mol. The van der Waals surface area contributed by atoms with E-state index >= 15 is 0 Å². The minimum absolute atomic E-state index is 0.0555. The highest BCUT2D eigenvalue weighted by Crippen LogP contribution is 2.42. The molecular formula is C13H15ClF2O4. The number of aliphatic hydroxyl groups excluding tert-OH is 1. The topological polar surface area (TPSA) is 47.9 Å². The summed E-state index contributed by atoms with van der Waals surface area (Å²) in [5.74, 6) is -0.912. The van der Waals surface area contributed by atoms with Crippen LogP contribution < -0.4 is 4.74 Å². The van der Waals surface area contributed by atoms with Crippen LogP contribution in [-0.2, 0) is 15.1 Å². The number of rotatable bonds is 4. The first-order valence-corrected chi connectivity index (χ1v) is 6.36. The van der Waals surface area contributed by atoms with Gasteiger partial charge in [0.25, 0.3) is 0 Å². The minimum Gasteiger partial charge on any atom is -0.435 e. The van der Waals surface area contributed by atoms with Gasteiger partial charge in [-0.05, 0) is 26.0 Å². The SMILES string of the molecule is CC1(C)OCC(CO)(c2ccc(OC(F)F)cc2Cl)O1. The molecule has 0 amide bonds. The Hall–Kier alpha value is -0.950. The van der Waals surface area contributed by atoms with Gasteiger partial charge in [0.1, 0.15) is 11.4 Å². The van der Waals surface area contributed by atoms with Crippen LogP contribution in [0, 0.1) is 0 Å². The standard InChI is InChI=1S/C13H15ClF2O4/c1-12(2)18-7-13(6-17,20-12)9-4-3-8(5-10(9)14)19-11(15)16/h3-5,11,17H,6-7H2,1-2H3. The molecule has 1 aromatic rings. The first-order valence-electron chi connectivity index (χ1n) is 5.98. The van der Waals surface area contributed by atoms with Gasteiger partial charge in [0.2, 0.25) is 0 Å². The molecule has 1 N–H and O–H groups in total. The highest BCUT2D eigenvalue weighted by molar-refractivity contribution is 6.31. The molecule has 0 radical (unpaired) electrons. The molecule has 112 valence electrons. The average Bonchev–Trinajstić information content (AvgIpc) is 2.65. The fraction of sp³-hybridized carbons (Fsp3) is 0.538. The zero-order valence-corrected chi connectivity index (χ0v) is 11.8. The van der Waals surface area contributed by atoms with E-state index in [2.05, 4.69) is 4.74 Å². The van der Waals surface area contributed by atoms with Gasteiger partial charge in [0, 0.05) is 5.56 Å². The maximum absolute atomic E-state index is 12.1. The van der Waals surface area contributed by atoms with Crippen molar-refractivity contribution in [3.05, 3.63) is 28.8 Å². The van der Waals surface area contributed by atoms with Gasteiger partial charge >= 0.3 is 6.61 Å². The van der Waals surface area contributed by atoms with E-state index in [1.54, 1.807) is 13.8 Å². The Labute approximate surface area is 120 Å². The molecule has 1 aliphatic rings. The Balaban J connectivity index is 2.32. The van der Waals surface area contributed by atoms with E-state index in [9.17, 15) is 13.9 Å². The Morgan fingerprint density at radius 3 is 2.60 bits per heavy atom. The molecule has 1 saturated heterocycles. The van der Waals surface area contributed by atoms with Gasteiger partial charge in [-0.25, -0.2) is 0 Å². The maximum Gasteiger partial charge on any atom is 0.387 e. The van der Waals surface area contributed by atoms with Crippen LogP contribution in [0.3, 0.4) is 0 Å². The van der Waals surface area contributed by atoms with Crippen LogP contribution in [0.4, 0.5) is 8.78 Å². The normalized spacial score (nSPS) is 25.1. The summed E-state index contributed by atoms with van der Waals surface area (Å²) in [5.41, 5.74) is -0.641. The molecule has 1 heterocycles. The fourth-order valence-corrected chi connectivity index (χ4v) is 2.50. The molecule has 0 bridgehead atoms. The van der Waals surface area contributed by atoms with Crippen molar-refractivity contribution in [2.75, 3.05) is 13.2 Å². The lowest BCUT2D eigenvalue weighted by molar-refractivity contribution is -0.172. The van der Waals surface area contributed by atoms with Crippen molar-refractivity contribution in [2.24, 2.45) is 0 Å². The van der Waals surface area contributed by atoms with Crippen molar-refractivity contribution in [2.45, 2.75) is 31.8 Å². The van der Waals surface area contributed by atoms with Gasteiger partial charge < -0.3 is 19.3 Å². The van der Waals surface area contributed by atoms with Crippen molar-refractivity contribution in [1.82, 2.24) is 0 Å². The maximum atomic E-state index is 12.1. The van der Waals surface area contributed by atoms with Gasteiger partial charge in [-0.15, -0.1) is 0 Å². The number of aliphatic hydroxyl groups is 1. The van der Waals surface area contributed by atoms with Gasteiger partial charge in [0.05, 0.1) is 18.2 Å². The van der Waals surface area contributed by atoms with Crippen molar-refractivity contribution in [3.63, 3.8) is 0 Å². The van der Waals surface area contributed by atoms with Gasteiger partial charge in [-0.2, -0.15) is 8.78 Å². The third-order valence-corrected chi connectivity index (χ3v) is 3.32. The molecule has 20 heavy (non-hydrogen) atoms. The molecule has 0 saturated carbocycles. The first-order chi connectivity index (χ1) is 9.28. The molecule has 4 nitrogen and oxygen atoms in total. The third-order valence-electron chi connectivity index (χ3n) is 3.01. The molecule has 2 rings (SSSR count). The van der Waals surface area contributed by atoms with Gasteiger partial charge in [0.15, 0.2) is 5.79 Å². The zero-order chi connectivity index (χ0) is 15.0. The highest BCUT2D eigenvalue weighted by Gasteiger charge is 2.47. The van der Waals surface area contributed by atoms with E-state index in [-0.39, 0.29) is 24.0 Å². The number of ether oxygens (including phenoxy) is 3. The Bertz CT molecular complexity index is 495. The molecule has 1 aromatic carbocycles. The smallest absolute Gasteiger partial charge is 0.387 e. The summed E-state index contributed by atoms with van der Waals surface area (Å²) in [6, 6.07) is 4.09. The summed E-state index contributed by atoms with van der Waals surface area (Å²) < 4.78 is 39.7. The van der Waals surface area contributed by atoms with Crippen LogP contribution in [-0.4, -0.2) is 30.7 Å². The monoisotopic (exact) mass is 308 g/mol. The van der Waals surface area contributed by atoms with Gasteiger partial charge in [-0.1, -0.05) is 17.7 Å². The summed E-state index contributed by atoms with van der Waals surface area (Å²) in [6.07, 6.45) is 0. The van der Waals surface area contributed by atoms with E-state index < -0.39 is 18.0 Å². The summed E-state index contributed by atoms with van der Waals surface area (Å²) in [4.78, 5) is 0. The predicted octanol–water partition coefficient (Wildman–Crippen LogP) is 2.91. The number of hydrogen-bond donors (Lipinski definition) is 1. The number of alkyl halides is 2. The molecule has 1 aliphatic heterocycles. The molecule has 0 spiro atoms. The third kappa shape index (κ3) is 3.03. The Morgan fingerprint density at radius 1 is 1.45 bits per heavy atom. The lowest BCUT2D eigenvalue weighted by Gasteiger charge is -2.28. The second-order valence-corrected chi connectivity index (χ2v) is 5.37. The summed E-state index contributed by atoms with van der Waals surface area (Å²) >= 11 is 6.08. The molecule has 1 atom stereocenters. The molecule has 0 aromatic heterocycles. The van der Waals surface area contributed by atoms with E-state index in [0.29, 0.717) is 5.56 Å². The predicted molar refractivity (Wildman–Crippen MR) is 68.0 cm³/mol. The van der Waals surface area contributed by atoms with Crippen LogP contribution in [0.15, 0.2) is 18.2 Å². The Kier molecular flexibility index (Phi) is 4.20. The Morgan fingerprint density at radius 2 is 2.15 bits per heavy atom. The lowest BCUT2D eigenvalue weighted by Crippen LogP contribution is -2.35. The van der Waals surface area contributed by atoms with Crippen molar-refractivity contribution in [1.29, 1.82) is 0 Å². The fourth-order valence-electron chi connectivity index (χ4n) is 2.16. The van der Waals surface area contributed by atoms with Crippen LogP contribution >= 0.6 is 11.6 Å². The first kappa shape index (κ1) is 15.4. The quantitative estimate of drug-likeness (QED) is 0.929. The lowest BCUT2D eigenvalue weighted by atomic mass is 9.95. The van der Waals surface area contributed by atoms with E-state index in [1.165, 1.54) is 18.2 Å². The second kappa shape index (κ2) is 5.44. The number of hydrogen-bond acceptors (Lipinski definition) is 4. The molecule has 7 heteroatoms. The van der Waals surface area contributed by atoms with E-state index in [1.807, 2.05) is 0 Å². The molecule has 1 fully saturated rings. The minimum atomic E-state index is -2.92. The van der Waals surface area contributed by atoms with Crippen molar-refractivity contribution < 1.29 is 28.1 Å². The van der Waals surface area contributed by atoms with Crippen LogP contribution in [0.5, 0.6) is 5.75 Å². The number of halogens is 3. The van der Waals surface area contributed by atoms with Crippen LogP contribution in [0.25, 0.3) is 0 Å². The molecule has 0 aliphatic carbocycles. The van der Waals surface area contributed by atoms with Crippen LogP contribution in [0.1, 0.15) is 19.4 Å².